The highest BCUT2D eigenvalue weighted by atomic mass is 35.5. The summed E-state index contributed by atoms with van der Waals surface area (Å²) in [7, 11) is 0. The molecular weight excluding hydrogens is 267 g/mol. The van der Waals surface area contributed by atoms with Crippen LogP contribution in [0.4, 0.5) is 4.39 Å². The van der Waals surface area contributed by atoms with Crippen molar-refractivity contribution in [2.45, 2.75) is 19.3 Å². The minimum atomic E-state index is -0.402. The topological polar surface area (TPSA) is 45.8 Å². The molecule has 0 saturated carbocycles. The molecule has 0 radical (unpaired) electrons. The Morgan fingerprint density at radius 3 is 2.63 bits per heavy atom. The lowest BCUT2D eigenvalue weighted by molar-refractivity contribution is 0.628. The van der Waals surface area contributed by atoms with E-state index in [1.165, 1.54) is 12.1 Å². The molecular formula is C14H14ClFN2O. The van der Waals surface area contributed by atoms with Crippen molar-refractivity contribution in [1.82, 2.24) is 9.97 Å². The summed E-state index contributed by atoms with van der Waals surface area (Å²) >= 11 is 5.65. The normalized spacial score (nSPS) is 10.6. The zero-order valence-electron chi connectivity index (χ0n) is 10.3. The molecule has 2 aromatic rings. The summed E-state index contributed by atoms with van der Waals surface area (Å²) in [6.07, 6.45) is 4.18. The minimum absolute atomic E-state index is 0.302. The highest BCUT2D eigenvalue weighted by molar-refractivity contribution is 6.17. The quantitative estimate of drug-likeness (QED) is 0.675. The van der Waals surface area contributed by atoms with Gasteiger partial charge in [-0.3, -0.25) is 0 Å². The van der Waals surface area contributed by atoms with Crippen molar-refractivity contribution < 1.29 is 4.39 Å². The highest BCUT2D eigenvalue weighted by Crippen LogP contribution is 2.21. The van der Waals surface area contributed by atoms with E-state index < -0.39 is 5.69 Å². The van der Waals surface area contributed by atoms with Crippen LogP contribution < -0.4 is 5.69 Å². The van der Waals surface area contributed by atoms with E-state index in [9.17, 15) is 9.18 Å². The van der Waals surface area contributed by atoms with Crippen molar-refractivity contribution in [2.24, 2.45) is 0 Å². The monoisotopic (exact) mass is 280 g/mol. The average Bonchev–Trinajstić information content (AvgIpc) is 2.41. The van der Waals surface area contributed by atoms with Crippen LogP contribution in [0.15, 0.2) is 35.3 Å². The third-order valence-electron chi connectivity index (χ3n) is 2.85. The highest BCUT2D eigenvalue weighted by Gasteiger charge is 2.07. The van der Waals surface area contributed by atoms with Crippen LogP contribution in [0.2, 0.25) is 0 Å². The largest absolute Gasteiger partial charge is 0.345 e. The summed E-state index contributed by atoms with van der Waals surface area (Å²) in [6, 6.07) is 6.03. The summed E-state index contributed by atoms with van der Waals surface area (Å²) in [5, 5.41) is 0. The van der Waals surface area contributed by atoms with Gasteiger partial charge in [-0.15, -0.1) is 11.6 Å². The van der Waals surface area contributed by atoms with E-state index in [0.717, 1.165) is 30.4 Å². The molecule has 1 N–H and O–H groups in total. The molecule has 3 nitrogen and oxygen atoms in total. The number of alkyl halides is 1. The molecule has 0 spiro atoms. The molecule has 2 rings (SSSR count). The molecule has 1 heterocycles. The van der Waals surface area contributed by atoms with Crippen LogP contribution in [0.1, 0.15) is 18.4 Å². The molecule has 0 amide bonds. The molecule has 0 aliphatic carbocycles. The van der Waals surface area contributed by atoms with Crippen LogP contribution in [0.5, 0.6) is 0 Å². The Labute approximate surface area is 115 Å². The second-order valence-corrected chi connectivity index (χ2v) is 4.62. The van der Waals surface area contributed by atoms with Crippen molar-refractivity contribution in [3.05, 3.63) is 52.3 Å². The smallest absolute Gasteiger partial charge is 0.305 e. The predicted molar refractivity (Wildman–Crippen MR) is 73.9 cm³/mol. The molecule has 19 heavy (non-hydrogen) atoms. The SMILES string of the molecule is O=c1ncc(CCCCCl)c(-c2ccc(F)cc2)[nH]1. The van der Waals surface area contributed by atoms with Crippen molar-refractivity contribution >= 4 is 11.6 Å². The molecule has 100 valence electrons. The summed E-state index contributed by atoms with van der Waals surface area (Å²) in [5.41, 5.74) is 2.02. The van der Waals surface area contributed by atoms with Gasteiger partial charge in [0.15, 0.2) is 0 Å². The average molecular weight is 281 g/mol. The van der Waals surface area contributed by atoms with Gasteiger partial charge >= 0.3 is 5.69 Å². The fraction of sp³-hybridized carbons (Fsp3) is 0.286. The molecule has 0 aliphatic rings. The van der Waals surface area contributed by atoms with E-state index in [2.05, 4.69) is 9.97 Å². The predicted octanol–water partition coefficient (Wildman–Crippen LogP) is 3.14. The van der Waals surface area contributed by atoms with Gasteiger partial charge in [-0.25, -0.2) is 14.2 Å². The summed E-state index contributed by atoms with van der Waals surface area (Å²) in [6.45, 7) is 0. The Morgan fingerprint density at radius 2 is 1.95 bits per heavy atom. The number of benzene rings is 1. The van der Waals surface area contributed by atoms with Crippen LogP contribution in [0, 0.1) is 5.82 Å². The number of halogens is 2. The molecule has 0 bridgehead atoms. The van der Waals surface area contributed by atoms with Crippen molar-refractivity contribution in [2.75, 3.05) is 5.88 Å². The first-order valence-corrected chi connectivity index (χ1v) is 6.64. The van der Waals surface area contributed by atoms with E-state index in [0.29, 0.717) is 11.6 Å². The first-order valence-electron chi connectivity index (χ1n) is 6.11. The van der Waals surface area contributed by atoms with Crippen LogP contribution in [0.25, 0.3) is 11.3 Å². The molecule has 0 aliphatic heterocycles. The number of hydrogen-bond acceptors (Lipinski definition) is 2. The molecule has 1 aromatic heterocycles. The summed E-state index contributed by atoms with van der Waals surface area (Å²) < 4.78 is 12.9. The second kappa shape index (κ2) is 6.48. The number of aromatic nitrogens is 2. The standard InChI is InChI=1S/C14H14ClFN2O/c15-8-2-1-3-11-9-17-14(19)18-13(11)10-4-6-12(16)7-5-10/h4-7,9H,1-3,8H2,(H,17,18,19). The number of rotatable bonds is 5. The maximum absolute atomic E-state index is 12.9. The van der Waals surface area contributed by atoms with E-state index in [1.54, 1.807) is 18.3 Å². The molecule has 1 aromatic carbocycles. The van der Waals surface area contributed by atoms with Gasteiger partial charge in [0.1, 0.15) is 5.82 Å². The third kappa shape index (κ3) is 3.64. The van der Waals surface area contributed by atoms with Gasteiger partial charge in [0.2, 0.25) is 0 Å². The van der Waals surface area contributed by atoms with Gasteiger partial charge in [-0.1, -0.05) is 0 Å². The van der Waals surface area contributed by atoms with Gasteiger partial charge in [0.05, 0.1) is 5.69 Å². The van der Waals surface area contributed by atoms with Gasteiger partial charge in [0, 0.05) is 12.1 Å². The number of H-pyrrole nitrogens is 1. The molecule has 0 unspecified atom stereocenters. The van der Waals surface area contributed by atoms with Crippen molar-refractivity contribution in [3.8, 4) is 11.3 Å². The summed E-state index contributed by atoms with van der Waals surface area (Å²) in [5.74, 6) is 0.312. The van der Waals surface area contributed by atoms with E-state index in [4.69, 9.17) is 11.6 Å². The van der Waals surface area contributed by atoms with Crippen LogP contribution in [0.3, 0.4) is 0 Å². The number of nitrogens with zero attached hydrogens (tertiary/aromatic N) is 1. The van der Waals surface area contributed by atoms with Crippen LogP contribution >= 0.6 is 11.6 Å². The van der Waals surface area contributed by atoms with E-state index in [1.807, 2.05) is 0 Å². The molecule has 0 fully saturated rings. The minimum Gasteiger partial charge on any atom is -0.305 e. The van der Waals surface area contributed by atoms with Gasteiger partial charge in [-0.2, -0.15) is 0 Å². The van der Waals surface area contributed by atoms with Crippen LogP contribution in [-0.2, 0) is 6.42 Å². The van der Waals surface area contributed by atoms with Crippen molar-refractivity contribution in [1.29, 1.82) is 0 Å². The third-order valence-corrected chi connectivity index (χ3v) is 3.12. The Bertz CT molecular complexity index is 595. The Morgan fingerprint density at radius 1 is 1.21 bits per heavy atom. The fourth-order valence-electron chi connectivity index (χ4n) is 1.89. The van der Waals surface area contributed by atoms with Gasteiger partial charge in [-0.05, 0) is 54.7 Å². The number of nitrogens with one attached hydrogen (secondary N) is 1. The van der Waals surface area contributed by atoms with Gasteiger partial charge in [0.25, 0.3) is 0 Å². The lowest BCUT2D eigenvalue weighted by Crippen LogP contribution is -2.12. The first-order chi connectivity index (χ1) is 9.20. The zero-order valence-corrected chi connectivity index (χ0v) is 11.1. The number of unbranched alkanes of at least 4 members (excludes halogenated alkanes) is 1. The lowest BCUT2D eigenvalue weighted by atomic mass is 10.0. The molecule has 5 heteroatoms. The first kappa shape index (κ1) is 13.7. The lowest BCUT2D eigenvalue weighted by Gasteiger charge is -2.08. The number of aromatic amines is 1. The summed E-state index contributed by atoms with van der Waals surface area (Å²) in [4.78, 5) is 17.8. The number of aryl methyl sites for hydroxylation is 1. The second-order valence-electron chi connectivity index (χ2n) is 4.24. The maximum Gasteiger partial charge on any atom is 0.345 e. The Balaban J connectivity index is 2.34. The molecule has 0 saturated heterocycles. The maximum atomic E-state index is 12.9. The van der Waals surface area contributed by atoms with Crippen molar-refractivity contribution in [3.63, 3.8) is 0 Å². The Kier molecular flexibility index (Phi) is 4.68. The van der Waals surface area contributed by atoms with E-state index >= 15 is 0 Å². The zero-order chi connectivity index (χ0) is 13.7. The van der Waals surface area contributed by atoms with Crippen LogP contribution in [-0.4, -0.2) is 15.8 Å². The molecule has 0 atom stereocenters. The van der Waals surface area contributed by atoms with Gasteiger partial charge < -0.3 is 4.98 Å². The number of hydrogen-bond donors (Lipinski definition) is 1. The fourth-order valence-corrected chi connectivity index (χ4v) is 2.08. The van der Waals surface area contributed by atoms with E-state index in [-0.39, 0.29) is 5.82 Å². The Hall–Kier alpha value is -1.68.